The van der Waals surface area contributed by atoms with Gasteiger partial charge in [-0.2, -0.15) is 5.26 Å². The molecular formula is C18H19FN2O4. The molecule has 0 aliphatic carbocycles. The maximum Gasteiger partial charge on any atom is 0.323 e. The minimum atomic E-state index is -1.38. The van der Waals surface area contributed by atoms with Crippen LogP contribution in [0.1, 0.15) is 46.9 Å². The van der Waals surface area contributed by atoms with E-state index >= 15 is 0 Å². The number of amides is 2. The number of fused-ring (bicyclic) bond motifs is 1. The number of benzene rings is 1. The van der Waals surface area contributed by atoms with Crippen LogP contribution in [0.3, 0.4) is 0 Å². The van der Waals surface area contributed by atoms with Gasteiger partial charge in [-0.15, -0.1) is 0 Å². The number of hydrogen-bond acceptors (Lipinski definition) is 5. The smallest absolute Gasteiger partial charge is 0.323 e. The largest absolute Gasteiger partial charge is 0.465 e. The van der Waals surface area contributed by atoms with Gasteiger partial charge in [0, 0.05) is 13.0 Å². The molecule has 1 aliphatic rings. The van der Waals surface area contributed by atoms with E-state index in [1.54, 1.807) is 37.3 Å². The lowest BCUT2D eigenvalue weighted by atomic mass is 10.0. The topological polar surface area (TPSA) is 87.5 Å². The molecule has 1 aliphatic heterocycles. The number of ether oxygens (including phenoxy) is 1. The first-order valence-electron chi connectivity index (χ1n) is 8.15. The fourth-order valence-electron chi connectivity index (χ4n) is 2.73. The van der Waals surface area contributed by atoms with Crippen molar-refractivity contribution in [3.05, 3.63) is 35.4 Å². The predicted octanol–water partition coefficient (Wildman–Crippen LogP) is 2.49. The van der Waals surface area contributed by atoms with Gasteiger partial charge in [0.15, 0.2) is 0 Å². The van der Waals surface area contributed by atoms with Gasteiger partial charge in [-0.3, -0.25) is 19.3 Å². The van der Waals surface area contributed by atoms with E-state index in [1.807, 2.05) is 0 Å². The zero-order valence-corrected chi connectivity index (χ0v) is 13.9. The van der Waals surface area contributed by atoms with Crippen molar-refractivity contribution in [3.63, 3.8) is 0 Å². The molecule has 0 spiro atoms. The molecule has 1 heterocycles. The summed E-state index contributed by atoms with van der Waals surface area (Å²) in [5.41, 5.74) is 0.715. The first-order valence-corrected chi connectivity index (χ1v) is 8.15. The molecule has 0 aromatic heterocycles. The Morgan fingerprint density at radius 1 is 1.28 bits per heavy atom. The second-order valence-electron chi connectivity index (χ2n) is 5.72. The van der Waals surface area contributed by atoms with E-state index in [-0.39, 0.29) is 44.2 Å². The van der Waals surface area contributed by atoms with Gasteiger partial charge in [-0.25, -0.2) is 4.39 Å². The number of halogens is 1. The highest BCUT2D eigenvalue weighted by Crippen LogP contribution is 2.23. The fraction of sp³-hybridized carbons (Fsp3) is 0.444. The van der Waals surface area contributed by atoms with Gasteiger partial charge in [0.1, 0.15) is 12.1 Å². The maximum absolute atomic E-state index is 14.0. The second kappa shape index (κ2) is 8.38. The summed E-state index contributed by atoms with van der Waals surface area (Å²) in [6.07, 6.45) is -1.33. The van der Waals surface area contributed by atoms with Crippen molar-refractivity contribution < 1.29 is 23.5 Å². The fourth-order valence-corrected chi connectivity index (χ4v) is 2.73. The highest BCUT2D eigenvalue weighted by molar-refractivity contribution is 6.21. The van der Waals surface area contributed by atoms with Crippen LogP contribution in [-0.2, 0) is 9.53 Å². The van der Waals surface area contributed by atoms with Crippen molar-refractivity contribution >= 4 is 17.8 Å². The third-order valence-electron chi connectivity index (χ3n) is 4.00. The number of hydrogen-bond donors (Lipinski definition) is 0. The average molecular weight is 346 g/mol. The highest BCUT2D eigenvalue weighted by Gasteiger charge is 2.34. The van der Waals surface area contributed by atoms with Crippen molar-refractivity contribution in [1.29, 1.82) is 5.26 Å². The van der Waals surface area contributed by atoms with E-state index in [0.29, 0.717) is 11.1 Å². The summed E-state index contributed by atoms with van der Waals surface area (Å²) in [7, 11) is 0. The van der Waals surface area contributed by atoms with Crippen LogP contribution in [0.2, 0.25) is 0 Å². The van der Waals surface area contributed by atoms with Crippen LogP contribution >= 0.6 is 0 Å². The molecule has 0 N–H and O–H groups in total. The molecule has 2 unspecified atom stereocenters. The van der Waals surface area contributed by atoms with Crippen molar-refractivity contribution in [2.75, 3.05) is 13.2 Å². The SMILES string of the molecule is CCOC(=O)C(C#N)CC(F)CCCN1C(=O)c2ccccc2C1=O. The van der Waals surface area contributed by atoms with Crippen molar-refractivity contribution in [2.45, 2.75) is 32.4 Å². The van der Waals surface area contributed by atoms with Crippen LogP contribution in [0.5, 0.6) is 0 Å². The zero-order chi connectivity index (χ0) is 18.4. The van der Waals surface area contributed by atoms with Crippen LogP contribution in [0.4, 0.5) is 4.39 Å². The highest BCUT2D eigenvalue weighted by atomic mass is 19.1. The Bertz CT molecular complexity index is 678. The summed E-state index contributed by atoms with van der Waals surface area (Å²) in [4.78, 5) is 36.9. The molecule has 0 fully saturated rings. The number of alkyl halides is 1. The Balaban J connectivity index is 1.83. The number of imide groups is 1. The first-order chi connectivity index (χ1) is 12.0. The summed E-state index contributed by atoms with van der Waals surface area (Å²) in [5.74, 6) is -2.63. The number of carbonyl (C=O) groups excluding carboxylic acids is 3. The lowest BCUT2D eigenvalue weighted by Crippen LogP contribution is -2.31. The number of esters is 1. The average Bonchev–Trinajstić information content (AvgIpc) is 2.85. The minimum absolute atomic E-state index is 0.0466. The standard InChI is InChI=1S/C18H19FN2O4/c1-2-25-18(24)12(11-20)10-13(19)6-5-9-21-16(22)14-7-3-4-8-15(14)17(21)23/h3-4,7-8,12-13H,2,5-6,9-10H2,1H3. The molecular weight excluding hydrogens is 327 g/mol. The van der Waals surface area contributed by atoms with E-state index in [9.17, 15) is 18.8 Å². The molecule has 0 saturated carbocycles. The molecule has 1 aromatic carbocycles. The van der Waals surface area contributed by atoms with E-state index in [2.05, 4.69) is 0 Å². The summed E-state index contributed by atoms with van der Waals surface area (Å²) in [5, 5.41) is 8.92. The molecule has 2 atom stereocenters. The third kappa shape index (κ3) is 4.21. The molecule has 0 radical (unpaired) electrons. The first kappa shape index (κ1) is 18.6. The molecule has 6 nitrogen and oxygen atoms in total. The van der Waals surface area contributed by atoms with Gasteiger partial charge in [0.2, 0.25) is 0 Å². The predicted molar refractivity (Wildman–Crippen MR) is 86.3 cm³/mol. The van der Waals surface area contributed by atoms with Crippen LogP contribution < -0.4 is 0 Å². The van der Waals surface area contributed by atoms with E-state index in [4.69, 9.17) is 10.00 Å². The van der Waals surface area contributed by atoms with Gasteiger partial charge < -0.3 is 4.74 Å². The van der Waals surface area contributed by atoms with Gasteiger partial charge in [0.25, 0.3) is 11.8 Å². The van der Waals surface area contributed by atoms with E-state index < -0.39 is 18.1 Å². The van der Waals surface area contributed by atoms with Crippen LogP contribution in [-0.4, -0.2) is 42.0 Å². The lowest BCUT2D eigenvalue weighted by Gasteiger charge is -2.15. The molecule has 2 amide bonds. The van der Waals surface area contributed by atoms with Crippen molar-refractivity contribution in [3.8, 4) is 6.07 Å². The Morgan fingerprint density at radius 2 is 1.88 bits per heavy atom. The maximum atomic E-state index is 14.0. The van der Waals surface area contributed by atoms with E-state index in [1.165, 1.54) is 0 Å². The van der Waals surface area contributed by atoms with Crippen molar-refractivity contribution in [2.24, 2.45) is 5.92 Å². The summed E-state index contributed by atoms with van der Waals surface area (Å²) in [6, 6.07) is 8.28. The van der Waals surface area contributed by atoms with Gasteiger partial charge in [0.05, 0.1) is 23.8 Å². The summed E-state index contributed by atoms with van der Waals surface area (Å²) >= 11 is 0. The molecule has 0 bridgehead atoms. The molecule has 0 saturated heterocycles. The molecule has 1 aromatic rings. The normalized spacial score (nSPS) is 15.5. The van der Waals surface area contributed by atoms with Crippen LogP contribution in [0, 0.1) is 17.2 Å². The Hall–Kier alpha value is -2.75. The van der Waals surface area contributed by atoms with Crippen LogP contribution in [0.15, 0.2) is 24.3 Å². The van der Waals surface area contributed by atoms with Crippen LogP contribution in [0.25, 0.3) is 0 Å². The third-order valence-corrected chi connectivity index (χ3v) is 4.00. The molecule has 132 valence electrons. The molecule has 7 heteroatoms. The number of rotatable bonds is 8. The monoisotopic (exact) mass is 346 g/mol. The van der Waals surface area contributed by atoms with Gasteiger partial charge in [-0.05, 0) is 31.9 Å². The van der Waals surface area contributed by atoms with Crippen molar-refractivity contribution in [1.82, 2.24) is 4.90 Å². The number of nitriles is 1. The number of carbonyl (C=O) groups is 3. The lowest BCUT2D eigenvalue weighted by molar-refractivity contribution is -0.146. The summed E-state index contributed by atoms with van der Waals surface area (Å²) in [6.45, 7) is 1.85. The Morgan fingerprint density at radius 3 is 2.40 bits per heavy atom. The van der Waals surface area contributed by atoms with Gasteiger partial charge >= 0.3 is 5.97 Å². The Labute approximate surface area is 145 Å². The van der Waals surface area contributed by atoms with Gasteiger partial charge in [-0.1, -0.05) is 12.1 Å². The molecule has 2 rings (SSSR count). The Kier molecular flexibility index (Phi) is 6.23. The minimum Gasteiger partial charge on any atom is -0.465 e. The van der Waals surface area contributed by atoms with E-state index in [0.717, 1.165) is 4.90 Å². The summed E-state index contributed by atoms with van der Waals surface area (Å²) < 4.78 is 18.7. The quantitative estimate of drug-likeness (QED) is 0.533. The number of nitrogens with zero attached hydrogens (tertiary/aromatic N) is 2. The second-order valence-corrected chi connectivity index (χ2v) is 5.72. The zero-order valence-electron chi connectivity index (χ0n) is 13.9. The molecule has 25 heavy (non-hydrogen) atoms.